The monoisotopic (exact) mass is 310 g/mol. The zero-order chi connectivity index (χ0) is 16.8. The number of carbonyl (C=O) groups excluding carboxylic acids is 1. The molecule has 0 aliphatic rings. The molecule has 0 fully saturated rings. The summed E-state index contributed by atoms with van der Waals surface area (Å²) in [5.74, 6) is 0.483. The van der Waals surface area contributed by atoms with Gasteiger partial charge in [-0.25, -0.2) is 5.43 Å². The third kappa shape index (κ3) is 4.68. The quantitative estimate of drug-likeness (QED) is 0.679. The first-order valence-electron chi connectivity index (χ1n) is 7.55. The van der Waals surface area contributed by atoms with Crippen LogP contribution in [0.1, 0.15) is 27.8 Å². The molecule has 0 heterocycles. The highest BCUT2D eigenvalue weighted by molar-refractivity contribution is 5.82. The Hall–Kier alpha value is -2.62. The number of rotatable bonds is 5. The number of carbonyl (C=O) groups is 1. The predicted octanol–water partition coefficient (Wildman–Crippen LogP) is 3.45. The van der Waals surface area contributed by atoms with Crippen molar-refractivity contribution < 1.29 is 9.53 Å². The molecular weight excluding hydrogens is 288 g/mol. The number of hydrogen-bond donors (Lipinski definition) is 1. The molecule has 0 saturated carbocycles. The minimum Gasteiger partial charge on any atom is -0.483 e. The Kier molecular flexibility index (Phi) is 5.52. The van der Waals surface area contributed by atoms with Gasteiger partial charge in [-0.1, -0.05) is 42.0 Å². The summed E-state index contributed by atoms with van der Waals surface area (Å²) >= 11 is 0. The summed E-state index contributed by atoms with van der Waals surface area (Å²) in [5, 5.41) is 3.94. The summed E-state index contributed by atoms with van der Waals surface area (Å²) in [6.45, 7) is 7.94. The third-order valence-corrected chi connectivity index (χ3v) is 3.70. The van der Waals surface area contributed by atoms with Gasteiger partial charge in [0.05, 0.1) is 6.21 Å². The lowest BCUT2D eigenvalue weighted by atomic mass is 10.1. The zero-order valence-electron chi connectivity index (χ0n) is 14.0. The molecule has 0 radical (unpaired) electrons. The van der Waals surface area contributed by atoms with Gasteiger partial charge in [0.1, 0.15) is 5.75 Å². The van der Waals surface area contributed by atoms with Crippen molar-refractivity contribution >= 4 is 12.1 Å². The van der Waals surface area contributed by atoms with Crippen LogP contribution in [-0.2, 0) is 4.79 Å². The Balaban J connectivity index is 1.88. The van der Waals surface area contributed by atoms with Crippen LogP contribution in [0.15, 0.2) is 41.5 Å². The van der Waals surface area contributed by atoms with Gasteiger partial charge in [-0.15, -0.1) is 0 Å². The zero-order valence-corrected chi connectivity index (χ0v) is 14.0. The maximum Gasteiger partial charge on any atom is 0.277 e. The maximum absolute atomic E-state index is 11.8. The fraction of sp³-hybridized carbons (Fsp3) is 0.263. The number of nitrogens with zero attached hydrogens (tertiary/aromatic N) is 1. The van der Waals surface area contributed by atoms with Gasteiger partial charge in [0.2, 0.25) is 0 Å². The standard InChI is InChI=1S/C19H22N2O2/c1-13-5-9-17(10-6-13)11-20-21-18(22)12-23-19-15(3)8-7-14(2)16(19)4/h5-11H,12H2,1-4H3,(H,21,22)/b20-11+. The van der Waals surface area contributed by atoms with Gasteiger partial charge in [-0.2, -0.15) is 5.10 Å². The Morgan fingerprint density at radius 2 is 1.70 bits per heavy atom. The molecule has 2 aromatic rings. The van der Waals surface area contributed by atoms with E-state index in [4.69, 9.17) is 4.74 Å². The van der Waals surface area contributed by atoms with Gasteiger partial charge in [0.25, 0.3) is 5.91 Å². The normalized spacial score (nSPS) is 10.8. The lowest BCUT2D eigenvalue weighted by Gasteiger charge is -2.13. The number of hydrazone groups is 1. The van der Waals surface area contributed by atoms with Gasteiger partial charge < -0.3 is 4.74 Å². The SMILES string of the molecule is Cc1ccc(/C=N/NC(=O)COc2c(C)ccc(C)c2C)cc1. The van der Waals surface area contributed by atoms with Crippen molar-refractivity contribution in [3.63, 3.8) is 0 Å². The van der Waals surface area contributed by atoms with Gasteiger partial charge in [-0.05, 0) is 49.9 Å². The summed E-state index contributed by atoms with van der Waals surface area (Å²) in [4.78, 5) is 11.8. The van der Waals surface area contributed by atoms with E-state index in [1.165, 1.54) is 5.56 Å². The molecule has 0 spiro atoms. The van der Waals surface area contributed by atoms with Crippen LogP contribution < -0.4 is 10.2 Å². The summed E-state index contributed by atoms with van der Waals surface area (Å²) in [6.07, 6.45) is 1.61. The van der Waals surface area contributed by atoms with Crippen LogP contribution in [0.2, 0.25) is 0 Å². The smallest absolute Gasteiger partial charge is 0.277 e. The van der Waals surface area contributed by atoms with Crippen LogP contribution in [0.3, 0.4) is 0 Å². The molecule has 0 saturated heterocycles. The molecule has 23 heavy (non-hydrogen) atoms. The Bertz CT molecular complexity index is 719. The molecule has 4 heteroatoms. The molecule has 0 aromatic heterocycles. The highest BCUT2D eigenvalue weighted by atomic mass is 16.5. The molecular formula is C19H22N2O2. The number of hydrogen-bond acceptors (Lipinski definition) is 3. The third-order valence-electron chi connectivity index (χ3n) is 3.70. The predicted molar refractivity (Wildman–Crippen MR) is 93.1 cm³/mol. The topological polar surface area (TPSA) is 50.7 Å². The first-order chi connectivity index (χ1) is 11.0. The van der Waals surface area contributed by atoms with Gasteiger partial charge >= 0.3 is 0 Å². The summed E-state index contributed by atoms with van der Waals surface area (Å²) in [7, 11) is 0. The minimum atomic E-state index is -0.284. The molecule has 0 unspecified atom stereocenters. The van der Waals surface area contributed by atoms with Crippen LogP contribution in [0.25, 0.3) is 0 Å². The second-order valence-electron chi connectivity index (χ2n) is 5.65. The first kappa shape index (κ1) is 16.7. The van der Waals surface area contributed by atoms with E-state index in [1.54, 1.807) is 6.21 Å². The van der Waals surface area contributed by atoms with Crippen molar-refractivity contribution in [3.05, 3.63) is 64.2 Å². The van der Waals surface area contributed by atoms with Gasteiger partial charge in [0.15, 0.2) is 6.61 Å². The van der Waals surface area contributed by atoms with Crippen molar-refractivity contribution in [1.82, 2.24) is 5.43 Å². The van der Waals surface area contributed by atoms with Crippen molar-refractivity contribution in [2.24, 2.45) is 5.10 Å². The first-order valence-corrected chi connectivity index (χ1v) is 7.55. The second kappa shape index (κ2) is 7.58. The van der Waals surface area contributed by atoms with Gasteiger partial charge in [-0.3, -0.25) is 4.79 Å². The van der Waals surface area contributed by atoms with E-state index < -0.39 is 0 Å². The van der Waals surface area contributed by atoms with E-state index >= 15 is 0 Å². The van der Waals surface area contributed by atoms with E-state index in [0.29, 0.717) is 0 Å². The molecule has 0 aliphatic carbocycles. The Morgan fingerprint density at radius 3 is 2.39 bits per heavy atom. The largest absolute Gasteiger partial charge is 0.483 e. The molecule has 0 bridgehead atoms. The highest BCUT2D eigenvalue weighted by Crippen LogP contribution is 2.25. The van der Waals surface area contributed by atoms with Gasteiger partial charge in [0, 0.05) is 0 Å². The molecule has 2 aromatic carbocycles. The second-order valence-corrected chi connectivity index (χ2v) is 5.65. The summed E-state index contributed by atoms with van der Waals surface area (Å²) in [5.41, 5.74) is 7.81. The highest BCUT2D eigenvalue weighted by Gasteiger charge is 2.08. The molecule has 2 rings (SSSR count). The van der Waals surface area contributed by atoms with Crippen LogP contribution in [-0.4, -0.2) is 18.7 Å². The lowest BCUT2D eigenvalue weighted by Crippen LogP contribution is -2.25. The minimum absolute atomic E-state index is 0.0592. The van der Waals surface area contributed by atoms with E-state index in [-0.39, 0.29) is 12.5 Å². The summed E-state index contributed by atoms with van der Waals surface area (Å²) < 4.78 is 5.64. The average Bonchev–Trinajstić information content (AvgIpc) is 2.53. The van der Waals surface area contributed by atoms with Crippen LogP contribution in [0.5, 0.6) is 5.75 Å². The van der Waals surface area contributed by atoms with Crippen molar-refractivity contribution in [2.45, 2.75) is 27.7 Å². The number of ether oxygens (including phenoxy) is 1. The molecule has 1 N–H and O–H groups in total. The van der Waals surface area contributed by atoms with E-state index in [1.807, 2.05) is 64.1 Å². The Labute approximate surface area is 137 Å². The average molecular weight is 310 g/mol. The van der Waals surface area contributed by atoms with Crippen molar-refractivity contribution in [3.8, 4) is 5.75 Å². The maximum atomic E-state index is 11.8. The number of benzene rings is 2. The Morgan fingerprint density at radius 1 is 1.04 bits per heavy atom. The van der Waals surface area contributed by atoms with E-state index in [2.05, 4.69) is 10.5 Å². The molecule has 0 atom stereocenters. The van der Waals surface area contributed by atoms with Crippen LogP contribution in [0, 0.1) is 27.7 Å². The number of aryl methyl sites for hydroxylation is 3. The number of amides is 1. The summed E-state index contributed by atoms with van der Waals surface area (Å²) in [6, 6.07) is 11.9. The number of nitrogens with one attached hydrogen (secondary N) is 1. The fourth-order valence-corrected chi connectivity index (χ4v) is 2.15. The van der Waals surface area contributed by atoms with E-state index in [9.17, 15) is 4.79 Å². The van der Waals surface area contributed by atoms with E-state index in [0.717, 1.165) is 28.0 Å². The molecule has 4 nitrogen and oxygen atoms in total. The fourth-order valence-electron chi connectivity index (χ4n) is 2.15. The molecule has 1 amide bonds. The van der Waals surface area contributed by atoms with Crippen LogP contribution >= 0.6 is 0 Å². The lowest BCUT2D eigenvalue weighted by molar-refractivity contribution is -0.123. The van der Waals surface area contributed by atoms with Crippen LogP contribution in [0.4, 0.5) is 0 Å². The molecule has 0 aliphatic heterocycles. The van der Waals surface area contributed by atoms with Crippen molar-refractivity contribution in [2.75, 3.05) is 6.61 Å². The molecule has 120 valence electrons. The van der Waals surface area contributed by atoms with Crippen molar-refractivity contribution in [1.29, 1.82) is 0 Å².